The number of aromatic nitrogens is 6. The van der Waals surface area contributed by atoms with Gasteiger partial charge in [0.05, 0.1) is 0 Å². The van der Waals surface area contributed by atoms with Crippen LogP contribution in [0, 0.1) is 0 Å². The van der Waals surface area contributed by atoms with Crippen molar-refractivity contribution in [3.63, 3.8) is 0 Å². The predicted octanol–water partition coefficient (Wildman–Crippen LogP) is 1.70. The summed E-state index contributed by atoms with van der Waals surface area (Å²) in [5, 5.41) is 6.82. The van der Waals surface area contributed by atoms with Gasteiger partial charge in [0.25, 0.3) is 5.82 Å². The van der Waals surface area contributed by atoms with Gasteiger partial charge in [-0.3, -0.25) is 0 Å². The van der Waals surface area contributed by atoms with Gasteiger partial charge in [-0.15, -0.1) is 5.10 Å². The molecule has 0 N–H and O–H groups in total. The van der Waals surface area contributed by atoms with Crippen molar-refractivity contribution in [3.8, 4) is 0 Å². The standard InChI is InChI=1S/C10H11F3N6O/c1-9(2,3)7-16-6(10(11,12)13)17-19(7)8(20)18-5-14-4-15-18/h4-5H,1-3H3. The number of hydrogen-bond donors (Lipinski definition) is 0. The third kappa shape index (κ3) is 2.53. The van der Waals surface area contributed by atoms with Crippen LogP contribution in [0.25, 0.3) is 0 Å². The summed E-state index contributed by atoms with van der Waals surface area (Å²) < 4.78 is 39.4. The number of carbonyl (C=O) groups is 1. The van der Waals surface area contributed by atoms with Crippen molar-refractivity contribution in [1.29, 1.82) is 0 Å². The van der Waals surface area contributed by atoms with Crippen LogP contribution >= 0.6 is 0 Å². The molecule has 0 bridgehead atoms. The van der Waals surface area contributed by atoms with Gasteiger partial charge < -0.3 is 0 Å². The number of nitrogens with zero attached hydrogens (tertiary/aromatic N) is 6. The van der Waals surface area contributed by atoms with E-state index in [1.807, 2.05) is 0 Å². The van der Waals surface area contributed by atoms with Crippen LogP contribution in [-0.4, -0.2) is 35.6 Å². The van der Waals surface area contributed by atoms with Crippen molar-refractivity contribution in [2.45, 2.75) is 32.4 Å². The molecular weight excluding hydrogens is 277 g/mol. The third-order valence-corrected chi connectivity index (χ3v) is 2.33. The molecule has 2 aromatic rings. The molecule has 0 aliphatic heterocycles. The van der Waals surface area contributed by atoms with E-state index in [2.05, 4.69) is 20.2 Å². The fourth-order valence-electron chi connectivity index (χ4n) is 1.46. The molecule has 0 fully saturated rings. The Morgan fingerprint density at radius 2 is 1.90 bits per heavy atom. The zero-order chi connectivity index (χ0) is 15.1. The van der Waals surface area contributed by atoms with Gasteiger partial charge in [-0.05, 0) is 0 Å². The molecule has 0 aliphatic carbocycles. The quantitative estimate of drug-likeness (QED) is 0.737. The molecule has 2 rings (SSSR count). The molecule has 0 radical (unpaired) electrons. The summed E-state index contributed by atoms with van der Waals surface area (Å²) in [6.45, 7) is 4.88. The molecular formula is C10H11F3N6O. The summed E-state index contributed by atoms with van der Waals surface area (Å²) in [5.41, 5.74) is -0.799. The maximum absolute atomic E-state index is 12.7. The number of halogens is 3. The third-order valence-electron chi connectivity index (χ3n) is 2.33. The number of rotatable bonds is 0. The van der Waals surface area contributed by atoms with E-state index in [0.717, 1.165) is 17.3 Å². The van der Waals surface area contributed by atoms with E-state index >= 15 is 0 Å². The van der Waals surface area contributed by atoms with Crippen LogP contribution < -0.4 is 0 Å². The molecule has 2 aromatic heterocycles. The minimum Gasteiger partial charge on any atom is -0.243 e. The minimum absolute atomic E-state index is 0.106. The lowest BCUT2D eigenvalue weighted by Gasteiger charge is -2.16. The van der Waals surface area contributed by atoms with Gasteiger partial charge in [0.1, 0.15) is 18.5 Å². The Bertz CT molecular complexity index is 622. The Labute approximate surface area is 111 Å². The molecule has 0 unspecified atom stereocenters. The van der Waals surface area contributed by atoms with Crippen molar-refractivity contribution >= 4 is 6.03 Å². The molecule has 0 amide bonds. The Hall–Kier alpha value is -2.26. The molecule has 0 aliphatic rings. The predicted molar refractivity (Wildman–Crippen MR) is 59.9 cm³/mol. The Balaban J connectivity index is 2.57. The highest BCUT2D eigenvalue weighted by molar-refractivity contribution is 5.77. The van der Waals surface area contributed by atoms with Crippen LogP contribution in [0.4, 0.5) is 18.0 Å². The van der Waals surface area contributed by atoms with E-state index in [-0.39, 0.29) is 5.82 Å². The lowest BCUT2D eigenvalue weighted by molar-refractivity contribution is -0.144. The van der Waals surface area contributed by atoms with Crippen LogP contribution in [-0.2, 0) is 11.6 Å². The maximum Gasteiger partial charge on any atom is 0.453 e. The maximum atomic E-state index is 12.7. The molecule has 2 heterocycles. The van der Waals surface area contributed by atoms with E-state index < -0.39 is 23.4 Å². The zero-order valence-corrected chi connectivity index (χ0v) is 10.9. The van der Waals surface area contributed by atoms with Crippen LogP contribution in [0.5, 0.6) is 0 Å². The molecule has 0 atom stereocenters. The topological polar surface area (TPSA) is 78.5 Å². The number of carbonyl (C=O) groups excluding carboxylic acids is 1. The Morgan fingerprint density at radius 1 is 1.25 bits per heavy atom. The average molecular weight is 288 g/mol. The molecule has 10 heteroatoms. The second-order valence-corrected chi connectivity index (χ2v) is 5.04. The second-order valence-electron chi connectivity index (χ2n) is 5.04. The van der Waals surface area contributed by atoms with E-state index in [4.69, 9.17) is 0 Å². The SMILES string of the molecule is CC(C)(C)c1nc(C(F)(F)F)nn1C(=O)n1cncn1. The van der Waals surface area contributed by atoms with Gasteiger partial charge in [-0.25, -0.2) is 14.8 Å². The van der Waals surface area contributed by atoms with E-state index in [1.54, 1.807) is 20.8 Å². The molecule has 0 saturated heterocycles. The van der Waals surface area contributed by atoms with E-state index in [1.165, 1.54) is 0 Å². The zero-order valence-electron chi connectivity index (χ0n) is 10.9. The summed E-state index contributed by atoms with van der Waals surface area (Å²) in [4.78, 5) is 19.1. The van der Waals surface area contributed by atoms with Gasteiger partial charge in [-0.2, -0.15) is 27.6 Å². The summed E-state index contributed by atoms with van der Waals surface area (Å²) in [7, 11) is 0. The molecule has 0 saturated carbocycles. The van der Waals surface area contributed by atoms with Crippen LogP contribution in [0.3, 0.4) is 0 Å². The van der Waals surface area contributed by atoms with Crippen molar-refractivity contribution in [3.05, 3.63) is 24.3 Å². The van der Waals surface area contributed by atoms with Gasteiger partial charge >= 0.3 is 12.2 Å². The molecule has 108 valence electrons. The van der Waals surface area contributed by atoms with E-state index in [9.17, 15) is 18.0 Å². The highest BCUT2D eigenvalue weighted by atomic mass is 19.4. The van der Waals surface area contributed by atoms with Gasteiger partial charge in [-0.1, -0.05) is 20.8 Å². The van der Waals surface area contributed by atoms with Gasteiger partial charge in [0.2, 0.25) is 0 Å². The van der Waals surface area contributed by atoms with E-state index in [0.29, 0.717) is 4.68 Å². The Kier molecular flexibility index (Phi) is 3.11. The normalized spacial score (nSPS) is 12.7. The lowest BCUT2D eigenvalue weighted by Crippen LogP contribution is -2.28. The first-order valence-electron chi connectivity index (χ1n) is 5.55. The van der Waals surface area contributed by atoms with Crippen molar-refractivity contribution in [2.75, 3.05) is 0 Å². The fraction of sp³-hybridized carbons (Fsp3) is 0.500. The molecule has 0 spiro atoms. The summed E-state index contributed by atoms with van der Waals surface area (Å²) in [6.07, 6.45) is -2.56. The van der Waals surface area contributed by atoms with Gasteiger partial charge in [0, 0.05) is 5.41 Å². The first-order valence-corrected chi connectivity index (χ1v) is 5.55. The smallest absolute Gasteiger partial charge is 0.243 e. The number of alkyl halides is 3. The highest BCUT2D eigenvalue weighted by Gasteiger charge is 2.40. The summed E-state index contributed by atoms with van der Waals surface area (Å²) >= 11 is 0. The Morgan fingerprint density at radius 3 is 2.35 bits per heavy atom. The van der Waals surface area contributed by atoms with Crippen LogP contribution in [0.1, 0.15) is 32.4 Å². The van der Waals surface area contributed by atoms with Crippen LogP contribution in [0.15, 0.2) is 12.7 Å². The molecule has 20 heavy (non-hydrogen) atoms. The average Bonchev–Trinajstić information content (AvgIpc) is 2.96. The lowest BCUT2D eigenvalue weighted by atomic mass is 9.96. The van der Waals surface area contributed by atoms with Crippen molar-refractivity contribution in [2.24, 2.45) is 0 Å². The first kappa shape index (κ1) is 14.2. The van der Waals surface area contributed by atoms with Crippen LogP contribution in [0.2, 0.25) is 0 Å². The highest BCUT2D eigenvalue weighted by Crippen LogP contribution is 2.29. The monoisotopic (exact) mass is 288 g/mol. The van der Waals surface area contributed by atoms with Crippen molar-refractivity contribution in [1.82, 2.24) is 29.5 Å². The minimum atomic E-state index is -4.73. The fourth-order valence-corrected chi connectivity index (χ4v) is 1.46. The first-order chi connectivity index (χ1) is 9.10. The van der Waals surface area contributed by atoms with Gasteiger partial charge in [0.15, 0.2) is 0 Å². The second kappa shape index (κ2) is 4.39. The molecule has 0 aromatic carbocycles. The summed E-state index contributed by atoms with van der Waals surface area (Å²) in [6, 6.07) is -0.879. The molecule has 7 nitrogen and oxygen atoms in total. The van der Waals surface area contributed by atoms with Crippen molar-refractivity contribution < 1.29 is 18.0 Å². The summed E-state index contributed by atoms with van der Waals surface area (Å²) in [5.74, 6) is -1.47. The largest absolute Gasteiger partial charge is 0.453 e. The number of hydrogen-bond acceptors (Lipinski definition) is 5.